The molecule has 0 amide bonds. The third-order valence-electron chi connectivity index (χ3n) is 3.28. The highest BCUT2D eigenvalue weighted by molar-refractivity contribution is 7.62. The SMILES string of the molecule is CCOC(=O)c1cc(P(=O)(OCC)OCC)c2cc(C)ccn12. The first kappa shape index (κ1) is 17.7. The summed E-state index contributed by atoms with van der Waals surface area (Å²) in [6.07, 6.45) is 1.75. The van der Waals surface area contributed by atoms with Crippen molar-refractivity contribution in [1.82, 2.24) is 4.40 Å². The second-order valence-corrected chi connectivity index (χ2v) is 6.92. The molecule has 2 rings (SSSR count). The van der Waals surface area contributed by atoms with E-state index in [2.05, 4.69) is 0 Å². The largest absolute Gasteiger partial charge is 0.461 e. The number of carbonyl (C=O) groups excluding carboxylic acids is 1. The summed E-state index contributed by atoms with van der Waals surface area (Å²) in [7, 11) is -3.50. The fraction of sp³-hybridized carbons (Fsp3) is 0.438. The third kappa shape index (κ3) is 3.50. The van der Waals surface area contributed by atoms with Gasteiger partial charge in [0.25, 0.3) is 0 Å². The van der Waals surface area contributed by atoms with Gasteiger partial charge in [0.15, 0.2) is 0 Å². The summed E-state index contributed by atoms with van der Waals surface area (Å²) in [6, 6.07) is 5.26. The van der Waals surface area contributed by atoms with Crippen molar-refractivity contribution in [2.45, 2.75) is 27.7 Å². The molecule has 0 saturated carbocycles. The van der Waals surface area contributed by atoms with Crippen LogP contribution >= 0.6 is 7.60 Å². The van der Waals surface area contributed by atoms with Gasteiger partial charge in [0.05, 0.1) is 30.6 Å². The van der Waals surface area contributed by atoms with E-state index in [0.717, 1.165) is 5.56 Å². The number of aryl methyl sites for hydroxylation is 1. The number of fused-ring (bicyclic) bond motifs is 1. The molecule has 6 nitrogen and oxygen atoms in total. The van der Waals surface area contributed by atoms with Crippen molar-refractivity contribution in [2.24, 2.45) is 0 Å². The number of pyridine rings is 1. The lowest BCUT2D eigenvalue weighted by molar-refractivity contribution is 0.0518. The summed E-state index contributed by atoms with van der Waals surface area (Å²) in [5.74, 6) is -0.475. The van der Waals surface area contributed by atoms with E-state index in [1.807, 2.05) is 19.1 Å². The quantitative estimate of drug-likeness (QED) is 0.572. The second-order valence-electron chi connectivity index (χ2n) is 4.93. The first-order valence-corrected chi connectivity index (χ1v) is 9.19. The predicted octanol–water partition coefficient (Wildman–Crippen LogP) is 3.32. The molecule has 0 fully saturated rings. The van der Waals surface area contributed by atoms with Gasteiger partial charge in [0, 0.05) is 6.20 Å². The summed E-state index contributed by atoms with van der Waals surface area (Å²) in [4.78, 5) is 12.2. The molecule has 0 atom stereocenters. The normalized spacial score (nSPS) is 11.8. The minimum atomic E-state index is -3.50. The van der Waals surface area contributed by atoms with Gasteiger partial charge in [0.1, 0.15) is 5.69 Å². The lowest BCUT2D eigenvalue weighted by atomic mass is 10.3. The first-order chi connectivity index (χ1) is 11.0. The first-order valence-electron chi connectivity index (χ1n) is 7.65. The molecule has 0 unspecified atom stereocenters. The summed E-state index contributed by atoms with van der Waals surface area (Å²) in [6.45, 7) is 7.92. The maximum absolute atomic E-state index is 13.1. The average molecular weight is 339 g/mol. The van der Waals surface area contributed by atoms with Crippen molar-refractivity contribution >= 4 is 24.4 Å². The van der Waals surface area contributed by atoms with Crippen molar-refractivity contribution < 1.29 is 23.1 Å². The van der Waals surface area contributed by atoms with Crippen molar-refractivity contribution in [3.8, 4) is 0 Å². The summed E-state index contributed by atoms with van der Waals surface area (Å²) < 4.78 is 30.7. The van der Waals surface area contributed by atoms with E-state index < -0.39 is 13.6 Å². The van der Waals surface area contributed by atoms with E-state index in [-0.39, 0.29) is 19.8 Å². The summed E-state index contributed by atoms with van der Waals surface area (Å²) in [5, 5.41) is 0.382. The average Bonchev–Trinajstić information content (AvgIpc) is 2.87. The number of hydrogen-bond acceptors (Lipinski definition) is 5. The molecule has 0 aliphatic rings. The van der Waals surface area contributed by atoms with E-state index in [1.54, 1.807) is 37.4 Å². The molecule has 2 aromatic heterocycles. The Morgan fingerprint density at radius 2 is 1.78 bits per heavy atom. The van der Waals surface area contributed by atoms with Crippen molar-refractivity contribution in [2.75, 3.05) is 19.8 Å². The minimum absolute atomic E-state index is 0.245. The van der Waals surface area contributed by atoms with E-state index in [9.17, 15) is 9.36 Å². The Labute approximate surface area is 135 Å². The molecular formula is C16H22NO5P. The van der Waals surface area contributed by atoms with Gasteiger partial charge in [-0.1, -0.05) is 0 Å². The summed E-state index contributed by atoms with van der Waals surface area (Å²) in [5.41, 5.74) is 1.90. The number of aromatic nitrogens is 1. The fourth-order valence-corrected chi connectivity index (χ4v) is 4.15. The van der Waals surface area contributed by atoms with E-state index in [4.69, 9.17) is 13.8 Å². The monoisotopic (exact) mass is 339 g/mol. The lowest BCUT2D eigenvalue weighted by Crippen LogP contribution is -2.10. The van der Waals surface area contributed by atoms with E-state index >= 15 is 0 Å². The fourth-order valence-electron chi connectivity index (χ4n) is 2.38. The molecule has 0 bridgehead atoms. The molecule has 126 valence electrons. The minimum Gasteiger partial charge on any atom is -0.461 e. The second kappa shape index (κ2) is 7.30. The molecule has 0 aliphatic carbocycles. The number of nitrogens with zero attached hydrogens (tertiary/aromatic N) is 1. The van der Waals surface area contributed by atoms with Crippen LogP contribution in [0.15, 0.2) is 24.4 Å². The van der Waals surface area contributed by atoms with Gasteiger partial charge >= 0.3 is 13.6 Å². The highest BCUT2D eigenvalue weighted by Crippen LogP contribution is 2.48. The van der Waals surface area contributed by atoms with Crippen LogP contribution in [-0.4, -0.2) is 30.2 Å². The number of carbonyl (C=O) groups is 1. The molecule has 0 radical (unpaired) electrons. The predicted molar refractivity (Wildman–Crippen MR) is 88.6 cm³/mol. The van der Waals surface area contributed by atoms with E-state index in [0.29, 0.717) is 16.5 Å². The zero-order chi connectivity index (χ0) is 17.0. The van der Waals surface area contributed by atoms with E-state index in [1.165, 1.54) is 0 Å². The van der Waals surface area contributed by atoms with Crippen LogP contribution in [0.2, 0.25) is 0 Å². The van der Waals surface area contributed by atoms with Crippen LogP contribution in [-0.2, 0) is 18.3 Å². The Balaban J connectivity index is 2.69. The van der Waals surface area contributed by atoms with Gasteiger partial charge in [0.2, 0.25) is 0 Å². The Morgan fingerprint density at radius 1 is 1.13 bits per heavy atom. The van der Waals surface area contributed by atoms with Gasteiger partial charge < -0.3 is 18.2 Å². The molecule has 23 heavy (non-hydrogen) atoms. The Bertz CT molecular complexity index is 742. The van der Waals surface area contributed by atoms with Crippen LogP contribution in [0, 0.1) is 6.92 Å². The zero-order valence-corrected chi connectivity index (χ0v) is 14.8. The van der Waals surface area contributed by atoms with Crippen molar-refractivity contribution in [1.29, 1.82) is 0 Å². The van der Waals surface area contributed by atoms with Gasteiger partial charge in [-0.3, -0.25) is 4.57 Å². The lowest BCUT2D eigenvalue weighted by Gasteiger charge is -2.16. The van der Waals surface area contributed by atoms with Gasteiger partial charge in [-0.05, 0) is 51.5 Å². The summed E-state index contributed by atoms with van der Waals surface area (Å²) >= 11 is 0. The highest BCUT2D eigenvalue weighted by Gasteiger charge is 2.32. The highest BCUT2D eigenvalue weighted by atomic mass is 31.2. The number of ether oxygens (including phenoxy) is 1. The molecule has 0 aliphatic heterocycles. The Hall–Kier alpha value is -1.62. The topological polar surface area (TPSA) is 66.2 Å². The van der Waals surface area contributed by atoms with Crippen LogP contribution < -0.4 is 5.30 Å². The molecule has 2 heterocycles. The molecule has 0 spiro atoms. The Kier molecular flexibility index (Phi) is 5.63. The van der Waals surface area contributed by atoms with Crippen LogP contribution in [0.5, 0.6) is 0 Å². The smallest absolute Gasteiger partial charge is 0.363 e. The van der Waals surface area contributed by atoms with Gasteiger partial charge in [-0.2, -0.15) is 0 Å². The zero-order valence-electron chi connectivity index (χ0n) is 13.9. The van der Waals surface area contributed by atoms with Gasteiger partial charge in [-0.15, -0.1) is 0 Å². The van der Waals surface area contributed by atoms with Crippen LogP contribution in [0.25, 0.3) is 5.52 Å². The number of esters is 1. The van der Waals surface area contributed by atoms with Crippen molar-refractivity contribution in [3.05, 3.63) is 35.7 Å². The standard InChI is InChI=1S/C16H22NO5P/c1-5-20-16(18)14-11-15(23(19,21-6-2)22-7-3)13-10-12(4)8-9-17(13)14/h8-11H,5-7H2,1-4H3. The van der Waals surface area contributed by atoms with Crippen LogP contribution in [0.3, 0.4) is 0 Å². The molecule has 0 aromatic carbocycles. The van der Waals surface area contributed by atoms with Crippen molar-refractivity contribution in [3.63, 3.8) is 0 Å². The van der Waals surface area contributed by atoms with Gasteiger partial charge in [-0.25, -0.2) is 4.79 Å². The maximum Gasteiger partial charge on any atom is 0.363 e. The molecular weight excluding hydrogens is 317 g/mol. The third-order valence-corrected chi connectivity index (χ3v) is 5.43. The van der Waals surface area contributed by atoms with Crippen LogP contribution in [0.1, 0.15) is 36.8 Å². The number of rotatable bonds is 7. The number of hydrogen-bond donors (Lipinski definition) is 0. The molecule has 0 N–H and O–H groups in total. The maximum atomic E-state index is 13.1. The molecule has 2 aromatic rings. The molecule has 7 heteroatoms. The Morgan fingerprint density at radius 3 is 2.35 bits per heavy atom. The van der Waals surface area contributed by atoms with Crippen LogP contribution in [0.4, 0.5) is 0 Å². The molecule has 0 saturated heterocycles.